The zero-order valence-electron chi connectivity index (χ0n) is 18.5. The van der Waals surface area contributed by atoms with E-state index in [1.54, 1.807) is 0 Å². The van der Waals surface area contributed by atoms with Gasteiger partial charge in [-0.1, -0.05) is 35.9 Å². The summed E-state index contributed by atoms with van der Waals surface area (Å²) in [5.74, 6) is 0.728. The van der Waals surface area contributed by atoms with Crippen LogP contribution in [0, 0.1) is 11.7 Å². The van der Waals surface area contributed by atoms with E-state index in [4.69, 9.17) is 17.0 Å². The average Bonchev–Trinajstić information content (AvgIpc) is 3.18. The van der Waals surface area contributed by atoms with Gasteiger partial charge in [-0.2, -0.15) is 5.10 Å². The number of hydrogen-bond acceptors (Lipinski definition) is 5. The van der Waals surface area contributed by atoms with Crippen molar-refractivity contribution in [3.63, 3.8) is 0 Å². The van der Waals surface area contributed by atoms with E-state index < -0.39 is 0 Å². The highest BCUT2D eigenvalue weighted by Gasteiger charge is 2.15. The summed E-state index contributed by atoms with van der Waals surface area (Å²) in [7, 11) is 0. The number of nitrogens with one attached hydrogen (secondary N) is 2. The lowest BCUT2D eigenvalue weighted by molar-refractivity contribution is -0.121. The van der Waals surface area contributed by atoms with Crippen LogP contribution in [0.3, 0.4) is 0 Å². The van der Waals surface area contributed by atoms with E-state index in [1.807, 2.05) is 36.6 Å². The van der Waals surface area contributed by atoms with Crippen LogP contribution >= 0.6 is 12.2 Å². The van der Waals surface area contributed by atoms with Gasteiger partial charge in [0.2, 0.25) is 5.91 Å². The summed E-state index contributed by atoms with van der Waals surface area (Å²) in [6, 6.07) is 16.4. The zero-order chi connectivity index (χ0) is 22.5. The predicted molar refractivity (Wildman–Crippen MR) is 128 cm³/mol. The number of benzene rings is 2. The highest BCUT2D eigenvalue weighted by atomic mass is 32.1. The first-order valence-corrected chi connectivity index (χ1v) is 11.4. The SMILES string of the molecule is Cc1cccc(-c2n[nH]c(=S)n2CCC(=O)NC(C)c2ccc(N3CCOCC3)cc2)c1. The summed E-state index contributed by atoms with van der Waals surface area (Å²) >= 11 is 5.39. The summed E-state index contributed by atoms with van der Waals surface area (Å²) in [6.45, 7) is 7.86. The number of anilines is 1. The third-order valence-electron chi connectivity index (χ3n) is 5.74. The van der Waals surface area contributed by atoms with Crippen molar-refractivity contribution in [3.05, 3.63) is 64.4 Å². The number of aromatic nitrogens is 3. The van der Waals surface area contributed by atoms with Gasteiger partial charge in [0.25, 0.3) is 0 Å². The standard InChI is InChI=1S/C24H29N5O2S/c1-17-4-3-5-20(16-17)23-26-27-24(32)29(23)11-10-22(30)25-18(2)19-6-8-21(9-7-19)28-12-14-31-15-13-28/h3-9,16,18H,10-15H2,1-2H3,(H,25,30)(H,27,32). The van der Waals surface area contributed by atoms with Gasteiger partial charge in [-0.25, -0.2) is 0 Å². The van der Waals surface area contributed by atoms with Crippen molar-refractivity contribution in [2.75, 3.05) is 31.2 Å². The number of amides is 1. The molecule has 0 aliphatic carbocycles. The average molecular weight is 452 g/mol. The van der Waals surface area contributed by atoms with Crippen molar-refractivity contribution < 1.29 is 9.53 Å². The molecule has 2 heterocycles. The minimum Gasteiger partial charge on any atom is -0.378 e. The lowest BCUT2D eigenvalue weighted by Crippen LogP contribution is -2.36. The normalized spacial score (nSPS) is 14.9. The van der Waals surface area contributed by atoms with Crippen molar-refractivity contribution in [1.29, 1.82) is 0 Å². The highest BCUT2D eigenvalue weighted by molar-refractivity contribution is 7.71. The number of ether oxygens (including phenoxy) is 1. The Labute approximate surface area is 193 Å². The molecule has 1 amide bonds. The van der Waals surface area contributed by atoms with Gasteiger partial charge in [0.05, 0.1) is 19.3 Å². The van der Waals surface area contributed by atoms with Crippen molar-refractivity contribution >= 4 is 23.8 Å². The molecule has 2 N–H and O–H groups in total. The maximum atomic E-state index is 12.6. The van der Waals surface area contributed by atoms with Gasteiger partial charge in [0.1, 0.15) is 0 Å². The summed E-state index contributed by atoms with van der Waals surface area (Å²) in [5.41, 5.74) is 4.39. The Hall–Kier alpha value is -2.97. The van der Waals surface area contributed by atoms with E-state index in [-0.39, 0.29) is 11.9 Å². The molecule has 1 aromatic heterocycles. The van der Waals surface area contributed by atoms with Gasteiger partial charge in [0, 0.05) is 37.3 Å². The molecule has 168 valence electrons. The fourth-order valence-electron chi connectivity index (χ4n) is 3.94. The minimum atomic E-state index is -0.0743. The van der Waals surface area contributed by atoms with E-state index in [1.165, 1.54) is 5.69 Å². The molecule has 3 aromatic rings. The van der Waals surface area contributed by atoms with E-state index in [0.717, 1.165) is 48.8 Å². The topological polar surface area (TPSA) is 75.2 Å². The van der Waals surface area contributed by atoms with Gasteiger partial charge in [-0.15, -0.1) is 0 Å². The molecule has 1 unspecified atom stereocenters. The first kappa shape index (κ1) is 22.2. The quantitative estimate of drug-likeness (QED) is 0.531. The maximum Gasteiger partial charge on any atom is 0.222 e. The largest absolute Gasteiger partial charge is 0.378 e. The van der Waals surface area contributed by atoms with Gasteiger partial charge in [-0.3, -0.25) is 14.5 Å². The predicted octanol–water partition coefficient (Wildman–Crippen LogP) is 4.02. The van der Waals surface area contributed by atoms with Crippen LogP contribution in [0.1, 0.15) is 30.5 Å². The molecule has 0 saturated carbocycles. The molecule has 2 aromatic carbocycles. The van der Waals surface area contributed by atoms with Crippen molar-refractivity contribution in [1.82, 2.24) is 20.1 Å². The van der Waals surface area contributed by atoms with Gasteiger partial charge in [-0.05, 0) is 49.8 Å². The van der Waals surface area contributed by atoms with Crippen LogP contribution in [0.25, 0.3) is 11.4 Å². The number of H-pyrrole nitrogens is 1. The number of aryl methyl sites for hydroxylation is 1. The highest BCUT2D eigenvalue weighted by Crippen LogP contribution is 2.21. The monoisotopic (exact) mass is 451 g/mol. The number of hydrogen-bond donors (Lipinski definition) is 2. The Morgan fingerprint density at radius 2 is 1.97 bits per heavy atom. The second-order valence-electron chi connectivity index (χ2n) is 8.10. The number of morpholine rings is 1. The van der Waals surface area contributed by atoms with E-state index in [0.29, 0.717) is 17.7 Å². The fourth-order valence-corrected chi connectivity index (χ4v) is 4.16. The second-order valence-corrected chi connectivity index (χ2v) is 8.49. The first-order chi connectivity index (χ1) is 15.5. The number of carbonyl (C=O) groups excluding carboxylic acids is 1. The Morgan fingerprint density at radius 1 is 1.22 bits per heavy atom. The summed E-state index contributed by atoms with van der Waals surface area (Å²) < 4.78 is 7.81. The third-order valence-corrected chi connectivity index (χ3v) is 6.06. The lowest BCUT2D eigenvalue weighted by Gasteiger charge is -2.29. The molecule has 1 fully saturated rings. The van der Waals surface area contributed by atoms with Crippen LogP contribution in [-0.2, 0) is 16.1 Å². The molecule has 4 rings (SSSR count). The zero-order valence-corrected chi connectivity index (χ0v) is 19.3. The molecular formula is C24H29N5O2S. The second kappa shape index (κ2) is 10.1. The van der Waals surface area contributed by atoms with Crippen molar-refractivity contribution in [2.45, 2.75) is 32.9 Å². The number of nitrogens with zero attached hydrogens (tertiary/aromatic N) is 3. The van der Waals surface area contributed by atoms with E-state index in [9.17, 15) is 4.79 Å². The van der Waals surface area contributed by atoms with Crippen LogP contribution in [0.2, 0.25) is 0 Å². The first-order valence-electron chi connectivity index (χ1n) is 11.0. The minimum absolute atomic E-state index is 0.0203. The van der Waals surface area contributed by atoms with Crippen LogP contribution in [0.15, 0.2) is 48.5 Å². The maximum absolute atomic E-state index is 12.6. The molecule has 1 saturated heterocycles. The molecule has 7 nitrogen and oxygen atoms in total. The van der Waals surface area contributed by atoms with Crippen molar-refractivity contribution in [2.24, 2.45) is 0 Å². The van der Waals surface area contributed by atoms with Gasteiger partial charge < -0.3 is 15.0 Å². The molecule has 8 heteroatoms. The molecular weight excluding hydrogens is 422 g/mol. The van der Waals surface area contributed by atoms with Crippen molar-refractivity contribution in [3.8, 4) is 11.4 Å². The fraction of sp³-hybridized carbons (Fsp3) is 0.375. The molecule has 0 spiro atoms. The lowest BCUT2D eigenvalue weighted by atomic mass is 10.1. The van der Waals surface area contributed by atoms with E-state index >= 15 is 0 Å². The Balaban J connectivity index is 1.35. The Morgan fingerprint density at radius 3 is 2.69 bits per heavy atom. The molecule has 0 bridgehead atoms. The number of rotatable bonds is 7. The number of carbonyl (C=O) groups is 1. The van der Waals surface area contributed by atoms with E-state index in [2.05, 4.69) is 50.7 Å². The summed E-state index contributed by atoms with van der Waals surface area (Å²) in [4.78, 5) is 15.0. The van der Waals surface area contributed by atoms with Gasteiger partial charge in [0.15, 0.2) is 10.6 Å². The van der Waals surface area contributed by atoms with Crippen LogP contribution in [0.4, 0.5) is 5.69 Å². The number of aromatic amines is 1. The van der Waals surface area contributed by atoms with Crippen LogP contribution in [-0.4, -0.2) is 47.0 Å². The Kier molecular flexibility index (Phi) is 7.02. The summed E-state index contributed by atoms with van der Waals surface area (Å²) in [5, 5.41) is 10.3. The molecule has 0 radical (unpaired) electrons. The third kappa shape index (κ3) is 5.26. The summed E-state index contributed by atoms with van der Waals surface area (Å²) in [6.07, 6.45) is 0.322. The van der Waals surface area contributed by atoms with Gasteiger partial charge >= 0.3 is 0 Å². The Bertz CT molecular complexity index is 1120. The van der Waals surface area contributed by atoms with Crippen LogP contribution < -0.4 is 10.2 Å². The molecule has 1 aliphatic rings. The van der Waals surface area contributed by atoms with Crippen LogP contribution in [0.5, 0.6) is 0 Å². The molecule has 1 aliphatic heterocycles. The molecule has 1 atom stereocenters. The smallest absolute Gasteiger partial charge is 0.222 e. The molecule has 32 heavy (non-hydrogen) atoms.